The van der Waals surface area contributed by atoms with Crippen molar-refractivity contribution in [2.75, 3.05) is 5.32 Å². The highest BCUT2D eigenvalue weighted by atomic mass is 35.5. The van der Waals surface area contributed by atoms with Gasteiger partial charge in [0.05, 0.1) is 33.5 Å². The summed E-state index contributed by atoms with van der Waals surface area (Å²) < 4.78 is 15.6. The maximum absolute atomic E-state index is 14.2. The van der Waals surface area contributed by atoms with Gasteiger partial charge in [-0.2, -0.15) is 0 Å². The van der Waals surface area contributed by atoms with Gasteiger partial charge >= 0.3 is 0 Å². The molecule has 5 aromatic rings. The van der Waals surface area contributed by atoms with Crippen LogP contribution in [0, 0.1) is 5.82 Å². The predicted molar refractivity (Wildman–Crippen MR) is 123 cm³/mol. The number of para-hydroxylation sites is 1. The van der Waals surface area contributed by atoms with Gasteiger partial charge in [0.2, 0.25) is 0 Å². The molecular weight excluding hydrogens is 454 g/mol. The van der Waals surface area contributed by atoms with Gasteiger partial charge < -0.3 is 10.3 Å². The summed E-state index contributed by atoms with van der Waals surface area (Å²) in [5, 5.41) is 4.04. The second-order valence-corrected chi connectivity index (χ2v) is 7.96. The first kappa shape index (κ1) is 20.4. The zero-order chi connectivity index (χ0) is 22.4. The van der Waals surface area contributed by atoms with Crippen molar-refractivity contribution in [3.05, 3.63) is 87.0 Å². The van der Waals surface area contributed by atoms with Gasteiger partial charge in [-0.25, -0.2) is 19.3 Å². The lowest BCUT2D eigenvalue weighted by Gasteiger charge is -2.22. The molecule has 10 heteroatoms. The summed E-state index contributed by atoms with van der Waals surface area (Å²) in [5.41, 5.74) is 1.72. The Balaban J connectivity index is 1.75. The van der Waals surface area contributed by atoms with E-state index in [0.29, 0.717) is 38.8 Å². The largest absolute Gasteiger partial charge is 0.360 e. The van der Waals surface area contributed by atoms with E-state index in [-0.39, 0.29) is 10.4 Å². The molecule has 0 saturated carbocycles. The Bertz CT molecular complexity index is 1550. The van der Waals surface area contributed by atoms with Crippen LogP contribution in [-0.4, -0.2) is 24.5 Å². The molecule has 0 spiro atoms. The number of benzene rings is 2. The summed E-state index contributed by atoms with van der Waals surface area (Å²) in [7, 11) is 0. The minimum atomic E-state index is -0.663. The van der Waals surface area contributed by atoms with Crippen LogP contribution >= 0.6 is 23.2 Å². The number of nitrogens with zero attached hydrogens (tertiary/aromatic N) is 4. The average Bonchev–Trinajstić information content (AvgIpc) is 3.27. The number of hydrogen-bond donors (Lipinski definition) is 2. The first-order valence-electron chi connectivity index (χ1n) is 9.65. The molecule has 0 bridgehead atoms. The lowest BCUT2D eigenvalue weighted by atomic mass is 10.1. The highest BCUT2D eigenvalue weighted by Crippen LogP contribution is 2.31. The first-order chi connectivity index (χ1) is 15.5. The van der Waals surface area contributed by atoms with Gasteiger partial charge in [-0.15, -0.1) is 0 Å². The van der Waals surface area contributed by atoms with Gasteiger partial charge in [0.25, 0.3) is 5.56 Å². The molecule has 2 aromatic carbocycles. The fraction of sp³-hybridized carbons (Fsp3) is 0.0909. The molecule has 7 nitrogen and oxygen atoms in total. The van der Waals surface area contributed by atoms with Gasteiger partial charge in [0.1, 0.15) is 17.7 Å². The number of hydrogen-bond acceptors (Lipinski definition) is 5. The summed E-state index contributed by atoms with van der Waals surface area (Å²) in [6.07, 6.45) is 2.93. The molecule has 0 fully saturated rings. The number of pyridine rings is 1. The number of rotatable bonds is 4. The maximum Gasteiger partial charge on any atom is 0.264 e. The molecule has 0 aliphatic rings. The van der Waals surface area contributed by atoms with Gasteiger partial charge in [0, 0.05) is 5.69 Å². The Morgan fingerprint density at radius 3 is 2.75 bits per heavy atom. The molecule has 0 amide bonds. The Labute approximate surface area is 190 Å². The number of aromatic amines is 1. The Morgan fingerprint density at radius 2 is 1.94 bits per heavy atom. The second kappa shape index (κ2) is 7.89. The Hall–Kier alpha value is -3.49. The molecular formula is C22H15Cl2FN6O. The summed E-state index contributed by atoms with van der Waals surface area (Å²) in [4.78, 5) is 29.1. The highest BCUT2D eigenvalue weighted by molar-refractivity contribution is 6.35. The van der Waals surface area contributed by atoms with E-state index < -0.39 is 17.4 Å². The lowest BCUT2D eigenvalue weighted by Crippen LogP contribution is -2.26. The van der Waals surface area contributed by atoms with Crippen molar-refractivity contribution in [2.45, 2.75) is 13.0 Å². The summed E-state index contributed by atoms with van der Waals surface area (Å²) in [6.45, 7) is 1.88. The molecule has 5 rings (SSSR count). The van der Waals surface area contributed by atoms with E-state index in [4.69, 9.17) is 23.2 Å². The van der Waals surface area contributed by atoms with Crippen LogP contribution < -0.4 is 10.9 Å². The number of nitrogens with one attached hydrogen (secondary N) is 2. The quantitative estimate of drug-likeness (QED) is 0.374. The standard InChI is InChI=1S/C22H15Cl2FN6O/c1-11(30-21-19-20(27-9-26-19)28-10-29-21)16-8-12-6-7-14(25)18(24)17(12)22(32)31(16)15-5-3-2-4-13(15)23/h2-11H,1H3,(H2,26,27,28,29,30). The third-order valence-electron chi connectivity index (χ3n) is 5.22. The molecule has 0 saturated heterocycles. The van der Waals surface area contributed by atoms with E-state index in [0.717, 1.165) is 0 Å². The van der Waals surface area contributed by atoms with E-state index in [2.05, 4.69) is 25.3 Å². The van der Waals surface area contributed by atoms with Crippen molar-refractivity contribution in [1.82, 2.24) is 24.5 Å². The summed E-state index contributed by atoms with van der Waals surface area (Å²) in [6, 6.07) is 11.1. The molecule has 1 unspecified atom stereocenters. The average molecular weight is 469 g/mol. The molecule has 0 aliphatic heterocycles. The van der Waals surface area contributed by atoms with E-state index in [1.165, 1.54) is 29.4 Å². The van der Waals surface area contributed by atoms with Gasteiger partial charge in [-0.1, -0.05) is 41.4 Å². The van der Waals surface area contributed by atoms with Gasteiger partial charge in [-0.05, 0) is 36.6 Å². The highest BCUT2D eigenvalue weighted by Gasteiger charge is 2.21. The van der Waals surface area contributed by atoms with Crippen molar-refractivity contribution in [1.29, 1.82) is 0 Å². The lowest BCUT2D eigenvalue weighted by molar-refractivity contribution is 0.629. The summed E-state index contributed by atoms with van der Waals surface area (Å²) in [5.74, 6) is -0.140. The van der Waals surface area contributed by atoms with Crippen LogP contribution in [0.25, 0.3) is 27.6 Å². The molecule has 32 heavy (non-hydrogen) atoms. The van der Waals surface area contributed by atoms with E-state index in [9.17, 15) is 9.18 Å². The number of anilines is 1. The molecule has 0 radical (unpaired) electrons. The second-order valence-electron chi connectivity index (χ2n) is 7.18. The predicted octanol–water partition coefficient (Wildman–Crippen LogP) is 5.28. The van der Waals surface area contributed by atoms with Crippen molar-refractivity contribution in [3.63, 3.8) is 0 Å². The number of H-pyrrole nitrogens is 1. The molecule has 160 valence electrons. The summed E-state index contributed by atoms with van der Waals surface area (Å²) >= 11 is 12.6. The monoisotopic (exact) mass is 468 g/mol. The van der Waals surface area contributed by atoms with Gasteiger partial charge in [0.15, 0.2) is 11.5 Å². The normalized spacial score (nSPS) is 12.4. The van der Waals surface area contributed by atoms with Crippen LogP contribution in [0.3, 0.4) is 0 Å². The number of fused-ring (bicyclic) bond motifs is 2. The van der Waals surface area contributed by atoms with Crippen molar-refractivity contribution >= 4 is 51.0 Å². The zero-order valence-corrected chi connectivity index (χ0v) is 18.1. The molecule has 0 aliphatic carbocycles. The third-order valence-corrected chi connectivity index (χ3v) is 5.91. The van der Waals surface area contributed by atoms with Crippen molar-refractivity contribution in [2.24, 2.45) is 0 Å². The van der Waals surface area contributed by atoms with E-state index in [1.54, 1.807) is 30.3 Å². The zero-order valence-electron chi connectivity index (χ0n) is 16.6. The third kappa shape index (κ3) is 3.28. The van der Waals surface area contributed by atoms with E-state index >= 15 is 0 Å². The van der Waals surface area contributed by atoms with Crippen molar-refractivity contribution in [3.8, 4) is 5.69 Å². The molecule has 1 atom stereocenters. The Morgan fingerprint density at radius 1 is 1.12 bits per heavy atom. The van der Waals surface area contributed by atoms with E-state index in [1.807, 2.05) is 6.92 Å². The minimum Gasteiger partial charge on any atom is -0.360 e. The Kier molecular flexibility index (Phi) is 5.03. The van der Waals surface area contributed by atoms with Crippen LogP contribution in [0.15, 0.2) is 59.9 Å². The van der Waals surface area contributed by atoms with Crippen LogP contribution in [0.1, 0.15) is 18.7 Å². The SMILES string of the molecule is CC(Nc1ncnc2nc[nH]c12)c1cc2ccc(F)c(Cl)c2c(=O)n1-c1ccccc1Cl. The van der Waals surface area contributed by atoms with Crippen LogP contribution in [0.2, 0.25) is 10.0 Å². The number of aromatic nitrogens is 5. The number of imidazole rings is 1. The molecule has 2 N–H and O–H groups in total. The smallest absolute Gasteiger partial charge is 0.264 e. The maximum atomic E-state index is 14.2. The first-order valence-corrected chi connectivity index (χ1v) is 10.4. The van der Waals surface area contributed by atoms with Gasteiger partial charge in [-0.3, -0.25) is 9.36 Å². The topological polar surface area (TPSA) is 88.5 Å². The fourth-order valence-electron chi connectivity index (χ4n) is 3.71. The van der Waals surface area contributed by atoms with Crippen molar-refractivity contribution < 1.29 is 4.39 Å². The van der Waals surface area contributed by atoms with Crippen LogP contribution in [0.4, 0.5) is 10.2 Å². The van der Waals surface area contributed by atoms with Crippen LogP contribution in [0.5, 0.6) is 0 Å². The molecule has 3 heterocycles. The number of halogens is 3. The van der Waals surface area contributed by atoms with Crippen LogP contribution in [-0.2, 0) is 0 Å². The minimum absolute atomic E-state index is 0.0838. The molecule has 3 aromatic heterocycles. The fourth-order valence-corrected chi connectivity index (χ4v) is 4.18.